The molecule has 1 aliphatic carbocycles. The molecule has 0 bridgehead atoms. The molecule has 0 aliphatic heterocycles. The highest BCUT2D eigenvalue weighted by atomic mass is 32.2. The minimum Gasteiger partial charge on any atom is -0.485 e. The molecule has 1 saturated carbocycles. The number of hydrogen-bond acceptors (Lipinski definition) is 5. The van der Waals surface area contributed by atoms with Gasteiger partial charge in [0.15, 0.2) is 5.05 Å². The number of carbonyl (C=O) groups excluding carboxylic acids is 1. The van der Waals surface area contributed by atoms with Crippen LogP contribution in [0.3, 0.4) is 0 Å². The van der Waals surface area contributed by atoms with E-state index >= 15 is 0 Å². The third kappa shape index (κ3) is 7.73. The Labute approximate surface area is 169 Å². The lowest BCUT2D eigenvalue weighted by Crippen LogP contribution is -2.55. The number of thiocarbonyl (C=S) groups is 1. The lowest BCUT2D eigenvalue weighted by atomic mass is 9.60. The smallest absolute Gasteiger partial charge is 0.279 e. The Bertz CT molecular complexity index is 471. The second-order valence-corrected chi connectivity index (χ2v) is 10.2. The zero-order chi connectivity index (χ0) is 19.8. The summed E-state index contributed by atoms with van der Waals surface area (Å²) >= 11 is 6.87. The molecule has 6 heteroatoms. The highest BCUT2D eigenvalue weighted by molar-refractivity contribution is 8.13. The van der Waals surface area contributed by atoms with Crippen LogP contribution in [-0.2, 0) is 4.74 Å². The van der Waals surface area contributed by atoms with Crippen molar-refractivity contribution in [3.63, 3.8) is 0 Å². The lowest BCUT2D eigenvalue weighted by Gasteiger charge is -2.49. The Hall–Kier alpha value is -0.330. The van der Waals surface area contributed by atoms with E-state index in [9.17, 15) is 4.79 Å². The Balaban J connectivity index is 2.71. The summed E-state index contributed by atoms with van der Waals surface area (Å²) in [6.07, 6.45) is 7.04. The van der Waals surface area contributed by atoms with E-state index in [2.05, 4.69) is 39.9 Å². The molecule has 1 aliphatic rings. The molecule has 0 aromatic rings. The van der Waals surface area contributed by atoms with Crippen LogP contribution in [0.5, 0.6) is 0 Å². The molecule has 152 valence electrons. The quantitative estimate of drug-likeness (QED) is 0.405. The first-order valence-corrected chi connectivity index (χ1v) is 11.4. The SMILES string of the molecule is CCCCOC(=S)C(N)C1(C)CC(NC(=O)SCCCC)CC(C)(C)C1. The Morgan fingerprint density at radius 1 is 1.27 bits per heavy atom. The number of rotatable bonds is 9. The number of amides is 1. The van der Waals surface area contributed by atoms with Crippen molar-refractivity contribution in [3.8, 4) is 0 Å². The number of ether oxygens (including phenoxy) is 1. The molecule has 0 heterocycles. The molecule has 3 atom stereocenters. The molecular formula is C20H38N2O2S2. The predicted octanol–water partition coefficient (Wildman–Crippen LogP) is 5.29. The summed E-state index contributed by atoms with van der Waals surface area (Å²) in [6.45, 7) is 11.6. The standard InChI is InChI=1S/C20H38N2O2S2/c1-6-8-10-24-17(25)16(21)20(5)13-15(12-19(3,4)14-20)22-18(23)26-11-9-7-2/h15-16H,6-14,21H2,1-5H3,(H,22,23). The largest absolute Gasteiger partial charge is 0.485 e. The second kappa shape index (κ2) is 10.9. The van der Waals surface area contributed by atoms with Gasteiger partial charge in [0, 0.05) is 11.8 Å². The second-order valence-electron chi connectivity index (χ2n) is 8.73. The molecule has 1 fully saturated rings. The van der Waals surface area contributed by atoms with Crippen molar-refractivity contribution >= 4 is 34.3 Å². The van der Waals surface area contributed by atoms with Crippen molar-refractivity contribution in [2.45, 2.75) is 91.6 Å². The maximum Gasteiger partial charge on any atom is 0.279 e. The van der Waals surface area contributed by atoms with Gasteiger partial charge in [-0.15, -0.1) is 0 Å². The molecule has 0 aromatic carbocycles. The molecule has 4 nitrogen and oxygen atoms in total. The molecule has 0 radical (unpaired) electrons. The molecule has 1 amide bonds. The molecule has 26 heavy (non-hydrogen) atoms. The number of unbranched alkanes of at least 4 members (excludes halogenated alkanes) is 2. The molecule has 0 spiro atoms. The third-order valence-electron chi connectivity index (χ3n) is 5.19. The zero-order valence-corrected chi connectivity index (χ0v) is 18.9. The van der Waals surface area contributed by atoms with Crippen LogP contribution in [0.15, 0.2) is 0 Å². The van der Waals surface area contributed by atoms with Crippen molar-refractivity contribution in [3.05, 3.63) is 0 Å². The minimum absolute atomic E-state index is 0.0823. The van der Waals surface area contributed by atoms with Gasteiger partial charge in [-0.25, -0.2) is 0 Å². The highest BCUT2D eigenvalue weighted by Crippen LogP contribution is 2.48. The number of hydrogen-bond donors (Lipinski definition) is 2. The van der Waals surface area contributed by atoms with Crippen molar-refractivity contribution in [2.24, 2.45) is 16.6 Å². The zero-order valence-electron chi connectivity index (χ0n) is 17.2. The van der Waals surface area contributed by atoms with Crippen molar-refractivity contribution in [1.29, 1.82) is 0 Å². The van der Waals surface area contributed by atoms with Gasteiger partial charge in [0.25, 0.3) is 5.24 Å². The van der Waals surface area contributed by atoms with Gasteiger partial charge in [0.05, 0.1) is 12.6 Å². The highest BCUT2D eigenvalue weighted by Gasteiger charge is 2.46. The van der Waals surface area contributed by atoms with Crippen molar-refractivity contribution in [2.75, 3.05) is 12.4 Å². The maximum absolute atomic E-state index is 12.3. The minimum atomic E-state index is -0.291. The van der Waals surface area contributed by atoms with Crippen LogP contribution < -0.4 is 11.1 Å². The summed E-state index contributed by atoms with van der Waals surface area (Å²) in [4.78, 5) is 12.3. The van der Waals surface area contributed by atoms with Crippen LogP contribution in [-0.4, -0.2) is 34.7 Å². The predicted molar refractivity (Wildman–Crippen MR) is 117 cm³/mol. The van der Waals surface area contributed by atoms with E-state index in [1.54, 1.807) is 0 Å². The fourth-order valence-corrected chi connectivity index (χ4v) is 5.32. The summed E-state index contributed by atoms with van der Waals surface area (Å²) in [7, 11) is 0. The van der Waals surface area contributed by atoms with Crippen LogP contribution in [0.4, 0.5) is 4.79 Å². The van der Waals surface area contributed by atoms with Crippen LogP contribution >= 0.6 is 24.0 Å². The van der Waals surface area contributed by atoms with Gasteiger partial charge < -0.3 is 15.8 Å². The van der Waals surface area contributed by atoms with E-state index in [1.165, 1.54) is 11.8 Å². The van der Waals surface area contributed by atoms with Crippen LogP contribution in [0, 0.1) is 10.8 Å². The normalized spacial score (nSPS) is 26.2. The van der Waals surface area contributed by atoms with E-state index < -0.39 is 0 Å². The van der Waals surface area contributed by atoms with Gasteiger partial charge in [-0.2, -0.15) is 0 Å². The monoisotopic (exact) mass is 402 g/mol. The first-order valence-electron chi connectivity index (χ1n) is 9.99. The summed E-state index contributed by atoms with van der Waals surface area (Å²) < 4.78 is 5.73. The molecule has 0 aromatic heterocycles. The Kier molecular flexibility index (Phi) is 9.91. The summed E-state index contributed by atoms with van der Waals surface area (Å²) in [6, 6.07) is -0.157. The summed E-state index contributed by atoms with van der Waals surface area (Å²) in [5.74, 6) is 0.880. The van der Waals surface area contributed by atoms with Gasteiger partial charge >= 0.3 is 0 Å². The van der Waals surface area contributed by atoms with Crippen molar-refractivity contribution in [1.82, 2.24) is 5.32 Å². The van der Waals surface area contributed by atoms with E-state index in [1.807, 2.05) is 0 Å². The first-order chi connectivity index (χ1) is 12.1. The molecule has 3 N–H and O–H groups in total. The maximum atomic E-state index is 12.3. The van der Waals surface area contributed by atoms with Gasteiger partial charge in [-0.1, -0.05) is 59.2 Å². The average molecular weight is 403 g/mol. The van der Waals surface area contributed by atoms with Gasteiger partial charge in [-0.3, -0.25) is 4.79 Å². The number of nitrogens with two attached hydrogens (primary N) is 1. The third-order valence-corrected chi connectivity index (χ3v) is 6.44. The van der Waals surface area contributed by atoms with Gasteiger partial charge in [0.2, 0.25) is 0 Å². The fraction of sp³-hybridized carbons (Fsp3) is 0.900. The Morgan fingerprint density at radius 3 is 2.54 bits per heavy atom. The first kappa shape index (κ1) is 23.7. The fourth-order valence-electron chi connectivity index (χ4n) is 4.09. The summed E-state index contributed by atoms with van der Waals surface area (Å²) in [5.41, 5.74) is 6.47. The summed E-state index contributed by atoms with van der Waals surface area (Å²) in [5, 5.41) is 3.82. The van der Waals surface area contributed by atoms with E-state index in [0.29, 0.717) is 11.7 Å². The lowest BCUT2D eigenvalue weighted by molar-refractivity contribution is 0.0643. The molecular weight excluding hydrogens is 364 g/mol. The van der Waals surface area contributed by atoms with E-state index in [0.717, 1.165) is 50.7 Å². The topological polar surface area (TPSA) is 64.3 Å². The van der Waals surface area contributed by atoms with Crippen LogP contribution in [0.25, 0.3) is 0 Å². The van der Waals surface area contributed by atoms with Crippen molar-refractivity contribution < 1.29 is 9.53 Å². The van der Waals surface area contributed by atoms with Crippen LogP contribution in [0.2, 0.25) is 0 Å². The van der Waals surface area contributed by atoms with Gasteiger partial charge in [-0.05, 0) is 55.2 Å². The van der Waals surface area contributed by atoms with Crippen LogP contribution in [0.1, 0.15) is 79.6 Å². The molecule has 3 unspecified atom stereocenters. The van der Waals surface area contributed by atoms with E-state index in [-0.39, 0.29) is 28.2 Å². The molecule has 1 rings (SSSR count). The Morgan fingerprint density at radius 2 is 1.92 bits per heavy atom. The number of nitrogens with one attached hydrogen (secondary N) is 1. The number of thioether (sulfide) groups is 1. The molecule has 0 saturated heterocycles. The number of carbonyl (C=O) groups is 1. The average Bonchev–Trinajstić information content (AvgIpc) is 2.52. The van der Waals surface area contributed by atoms with Gasteiger partial charge in [0.1, 0.15) is 0 Å². The van der Waals surface area contributed by atoms with E-state index in [4.69, 9.17) is 22.7 Å².